The summed E-state index contributed by atoms with van der Waals surface area (Å²) in [6.07, 6.45) is -4.35. The highest BCUT2D eigenvalue weighted by atomic mass is 35.5. The van der Waals surface area contributed by atoms with Crippen molar-refractivity contribution >= 4 is 17.5 Å². The van der Waals surface area contributed by atoms with E-state index in [2.05, 4.69) is 10.1 Å². The summed E-state index contributed by atoms with van der Waals surface area (Å²) >= 11 is 5.29. The Hall–Kier alpha value is -1.43. The summed E-state index contributed by atoms with van der Waals surface area (Å²) in [5.74, 6) is -0.318. The van der Waals surface area contributed by atoms with Crippen molar-refractivity contribution in [3.8, 4) is 5.75 Å². The molecule has 0 heterocycles. The van der Waals surface area contributed by atoms with E-state index >= 15 is 0 Å². The molecule has 0 atom stereocenters. The van der Waals surface area contributed by atoms with Crippen LogP contribution in [-0.2, 0) is 11.3 Å². The predicted octanol–water partition coefficient (Wildman–Crippen LogP) is 2.48. The molecule has 0 fully saturated rings. The van der Waals surface area contributed by atoms with Gasteiger partial charge in [-0.1, -0.05) is 12.1 Å². The third kappa shape index (κ3) is 5.77. The van der Waals surface area contributed by atoms with Crippen LogP contribution >= 0.6 is 11.6 Å². The van der Waals surface area contributed by atoms with E-state index in [0.29, 0.717) is 0 Å². The summed E-state index contributed by atoms with van der Waals surface area (Å²) in [4.78, 5) is 10.9. The molecule has 0 aliphatic carbocycles. The second-order valence-corrected chi connectivity index (χ2v) is 3.73. The van der Waals surface area contributed by atoms with E-state index in [1.807, 2.05) is 0 Å². The third-order valence-corrected chi connectivity index (χ3v) is 2.18. The van der Waals surface area contributed by atoms with Crippen molar-refractivity contribution in [1.29, 1.82) is 0 Å². The predicted molar refractivity (Wildman–Crippen MR) is 60.6 cm³/mol. The zero-order chi connectivity index (χ0) is 13.6. The summed E-state index contributed by atoms with van der Waals surface area (Å²) in [5.41, 5.74) is 0.743. The van der Waals surface area contributed by atoms with Gasteiger partial charge in [-0.05, 0) is 17.7 Å². The molecule has 0 unspecified atom stereocenters. The van der Waals surface area contributed by atoms with E-state index in [1.54, 1.807) is 12.1 Å². The summed E-state index contributed by atoms with van der Waals surface area (Å²) in [5, 5.41) is 2.53. The molecule has 0 saturated carbocycles. The smallest absolute Gasteiger partial charge is 0.422 e. The third-order valence-electron chi connectivity index (χ3n) is 1.94. The molecule has 0 saturated heterocycles. The number of halogens is 4. The zero-order valence-electron chi connectivity index (χ0n) is 9.26. The molecule has 18 heavy (non-hydrogen) atoms. The van der Waals surface area contributed by atoms with Crippen molar-refractivity contribution in [1.82, 2.24) is 5.32 Å². The molecule has 0 aliphatic rings. The Bertz CT molecular complexity index is 392. The largest absolute Gasteiger partial charge is 0.484 e. The number of benzene rings is 1. The maximum atomic E-state index is 11.9. The maximum absolute atomic E-state index is 11.9. The molecule has 1 N–H and O–H groups in total. The molecule has 3 nitrogen and oxygen atoms in total. The number of carbonyl (C=O) groups excluding carboxylic acids is 1. The van der Waals surface area contributed by atoms with Gasteiger partial charge in [-0.15, -0.1) is 11.6 Å². The van der Waals surface area contributed by atoms with Gasteiger partial charge in [0.25, 0.3) is 0 Å². The van der Waals surface area contributed by atoms with Crippen molar-refractivity contribution in [3.63, 3.8) is 0 Å². The van der Waals surface area contributed by atoms with Crippen LogP contribution in [0.3, 0.4) is 0 Å². The molecule has 100 valence electrons. The van der Waals surface area contributed by atoms with Gasteiger partial charge < -0.3 is 10.1 Å². The number of amides is 1. The van der Waals surface area contributed by atoms with Gasteiger partial charge in [0, 0.05) is 6.54 Å². The monoisotopic (exact) mass is 281 g/mol. The average Bonchev–Trinajstić information content (AvgIpc) is 2.33. The summed E-state index contributed by atoms with van der Waals surface area (Å²) in [7, 11) is 0. The fraction of sp³-hybridized carbons (Fsp3) is 0.364. The number of ether oxygens (including phenoxy) is 1. The fourth-order valence-electron chi connectivity index (χ4n) is 1.12. The van der Waals surface area contributed by atoms with Crippen molar-refractivity contribution in [2.75, 3.05) is 12.5 Å². The lowest BCUT2D eigenvalue weighted by Gasteiger charge is -2.09. The van der Waals surface area contributed by atoms with Crippen molar-refractivity contribution < 1.29 is 22.7 Å². The van der Waals surface area contributed by atoms with Crippen molar-refractivity contribution in [2.24, 2.45) is 0 Å². The van der Waals surface area contributed by atoms with E-state index in [-0.39, 0.29) is 24.1 Å². The van der Waals surface area contributed by atoms with Gasteiger partial charge in [-0.2, -0.15) is 13.2 Å². The first-order valence-electron chi connectivity index (χ1n) is 5.02. The second kappa shape index (κ2) is 6.49. The number of alkyl halides is 4. The van der Waals surface area contributed by atoms with Crippen LogP contribution in [0.15, 0.2) is 24.3 Å². The minimum atomic E-state index is -4.35. The van der Waals surface area contributed by atoms with E-state index in [0.717, 1.165) is 5.56 Å². The lowest BCUT2D eigenvalue weighted by molar-refractivity contribution is -0.153. The molecule has 0 radical (unpaired) electrons. The van der Waals surface area contributed by atoms with Crippen molar-refractivity contribution in [3.05, 3.63) is 29.8 Å². The molecule has 0 bridgehead atoms. The molecule has 1 aromatic rings. The van der Waals surface area contributed by atoms with Crippen LogP contribution in [0.4, 0.5) is 13.2 Å². The Labute approximate surface area is 107 Å². The first-order chi connectivity index (χ1) is 8.40. The van der Waals surface area contributed by atoms with Crippen LogP contribution in [0.25, 0.3) is 0 Å². The molecule has 1 rings (SSSR count). The highest BCUT2D eigenvalue weighted by molar-refractivity contribution is 6.27. The Kier molecular flexibility index (Phi) is 5.27. The van der Waals surface area contributed by atoms with Crippen LogP contribution in [0, 0.1) is 0 Å². The van der Waals surface area contributed by atoms with Gasteiger partial charge in [0.05, 0.1) is 0 Å². The van der Waals surface area contributed by atoms with Crippen LogP contribution in [0.2, 0.25) is 0 Å². The van der Waals surface area contributed by atoms with Crippen molar-refractivity contribution in [2.45, 2.75) is 12.7 Å². The Balaban J connectivity index is 2.45. The SMILES string of the molecule is O=C(CCl)NCc1ccc(OCC(F)(F)F)cc1. The highest BCUT2D eigenvalue weighted by Crippen LogP contribution is 2.18. The average molecular weight is 282 g/mol. The van der Waals surface area contributed by atoms with Crippen LogP contribution in [0.1, 0.15) is 5.56 Å². The zero-order valence-corrected chi connectivity index (χ0v) is 10.0. The standard InChI is InChI=1S/C11H11ClF3NO2/c12-5-10(17)16-6-8-1-3-9(4-2-8)18-7-11(13,14)15/h1-4H,5-7H2,(H,16,17). The quantitative estimate of drug-likeness (QED) is 0.842. The Morgan fingerprint density at radius 1 is 1.28 bits per heavy atom. The fourth-order valence-corrected chi connectivity index (χ4v) is 1.21. The Morgan fingerprint density at radius 3 is 2.39 bits per heavy atom. The van der Waals surface area contributed by atoms with E-state index in [9.17, 15) is 18.0 Å². The second-order valence-electron chi connectivity index (χ2n) is 3.46. The molecule has 1 amide bonds. The van der Waals surface area contributed by atoms with Gasteiger partial charge in [-0.3, -0.25) is 4.79 Å². The summed E-state index contributed by atoms with van der Waals surface area (Å²) in [6, 6.07) is 5.96. The topological polar surface area (TPSA) is 38.3 Å². The lowest BCUT2D eigenvalue weighted by Crippen LogP contribution is -2.23. The number of hydrogen-bond acceptors (Lipinski definition) is 2. The molecule has 0 spiro atoms. The van der Waals surface area contributed by atoms with Gasteiger partial charge in [0.1, 0.15) is 11.6 Å². The molecule has 7 heteroatoms. The van der Waals surface area contributed by atoms with Gasteiger partial charge >= 0.3 is 6.18 Å². The lowest BCUT2D eigenvalue weighted by atomic mass is 10.2. The van der Waals surface area contributed by atoms with Crippen LogP contribution < -0.4 is 10.1 Å². The molecule has 1 aromatic carbocycles. The molecular formula is C11H11ClF3NO2. The van der Waals surface area contributed by atoms with Crippen LogP contribution in [0.5, 0.6) is 5.75 Å². The molecular weight excluding hydrogens is 271 g/mol. The van der Waals surface area contributed by atoms with Gasteiger partial charge in [-0.25, -0.2) is 0 Å². The van der Waals surface area contributed by atoms with E-state index in [4.69, 9.17) is 11.6 Å². The minimum Gasteiger partial charge on any atom is -0.484 e. The number of rotatable bonds is 5. The number of carbonyl (C=O) groups is 1. The summed E-state index contributed by atoms with van der Waals surface area (Å²) < 4.78 is 40.2. The number of hydrogen-bond donors (Lipinski definition) is 1. The van der Waals surface area contributed by atoms with Gasteiger partial charge in [0.2, 0.25) is 5.91 Å². The first kappa shape index (κ1) is 14.6. The Morgan fingerprint density at radius 2 is 1.89 bits per heavy atom. The maximum Gasteiger partial charge on any atom is 0.422 e. The van der Waals surface area contributed by atoms with Gasteiger partial charge in [0.15, 0.2) is 6.61 Å². The molecule has 0 aliphatic heterocycles. The summed E-state index contributed by atoms with van der Waals surface area (Å²) in [6.45, 7) is -1.06. The normalized spacial score (nSPS) is 11.1. The van der Waals surface area contributed by atoms with Crippen LogP contribution in [-0.4, -0.2) is 24.6 Å². The first-order valence-corrected chi connectivity index (χ1v) is 5.55. The highest BCUT2D eigenvalue weighted by Gasteiger charge is 2.28. The number of nitrogens with one attached hydrogen (secondary N) is 1. The van der Waals surface area contributed by atoms with E-state index < -0.39 is 12.8 Å². The molecule has 0 aromatic heterocycles. The minimum absolute atomic E-state index is 0.125. The van der Waals surface area contributed by atoms with E-state index in [1.165, 1.54) is 12.1 Å².